The quantitative estimate of drug-likeness (QED) is 0.843. The second-order valence-electron chi connectivity index (χ2n) is 5.55. The lowest BCUT2D eigenvalue weighted by Gasteiger charge is -2.34. The molecule has 2 N–H and O–H groups in total. The first-order valence-electron chi connectivity index (χ1n) is 7.11. The van der Waals surface area contributed by atoms with Crippen LogP contribution in [-0.4, -0.2) is 11.4 Å². The van der Waals surface area contributed by atoms with E-state index in [4.69, 9.17) is 17.3 Å². The van der Waals surface area contributed by atoms with Crippen molar-refractivity contribution in [2.75, 3.05) is 12.3 Å². The van der Waals surface area contributed by atoms with Crippen LogP contribution in [0.2, 0.25) is 5.02 Å². The smallest absolute Gasteiger partial charge is 0.141 e. The lowest BCUT2D eigenvalue weighted by molar-refractivity contribution is 0.192. The Morgan fingerprint density at radius 1 is 1.29 bits per heavy atom. The predicted octanol–water partition coefficient (Wildman–Crippen LogP) is 4.18. The van der Waals surface area contributed by atoms with Gasteiger partial charge in [0.25, 0.3) is 0 Å². The number of rotatable bonds is 2. The van der Waals surface area contributed by atoms with Crippen LogP contribution in [0.1, 0.15) is 29.7 Å². The van der Waals surface area contributed by atoms with Crippen LogP contribution in [0.25, 0.3) is 0 Å². The first-order chi connectivity index (χ1) is 10.1. The van der Waals surface area contributed by atoms with E-state index in [9.17, 15) is 4.39 Å². The highest BCUT2D eigenvalue weighted by atomic mass is 35.5. The Balaban J connectivity index is 1.83. The second-order valence-corrected chi connectivity index (χ2v) is 5.96. The van der Waals surface area contributed by atoms with Crippen molar-refractivity contribution < 1.29 is 4.39 Å². The van der Waals surface area contributed by atoms with Crippen molar-refractivity contribution in [2.24, 2.45) is 0 Å². The van der Waals surface area contributed by atoms with E-state index in [0.29, 0.717) is 0 Å². The average Bonchev–Trinajstić information content (AvgIpc) is 2.49. The molecule has 1 aliphatic heterocycles. The molecule has 2 nitrogen and oxygen atoms in total. The Morgan fingerprint density at radius 3 is 2.86 bits per heavy atom. The zero-order valence-electron chi connectivity index (χ0n) is 11.9. The summed E-state index contributed by atoms with van der Waals surface area (Å²) in [7, 11) is 0. The van der Waals surface area contributed by atoms with Gasteiger partial charge < -0.3 is 5.73 Å². The normalized spacial score (nSPS) is 16.5. The Morgan fingerprint density at radius 2 is 2.10 bits per heavy atom. The lowest BCUT2D eigenvalue weighted by Crippen LogP contribution is -2.33. The fourth-order valence-corrected chi connectivity index (χ4v) is 3.16. The maximum atomic E-state index is 13.3. The van der Waals surface area contributed by atoms with Crippen LogP contribution < -0.4 is 5.73 Å². The minimum absolute atomic E-state index is 0.181. The SMILES string of the molecule is CC(c1ccc(F)c(Cl)c1)N1CCc2c(N)cccc2C1. The number of halogens is 2. The molecular formula is C17H18ClFN2. The standard InChI is InChI=1S/C17H18ClFN2/c1-11(12-5-6-16(19)15(18)9-12)21-8-7-14-13(10-21)3-2-4-17(14)20/h2-6,9,11H,7-8,10,20H2,1H3. The molecule has 0 aliphatic carbocycles. The summed E-state index contributed by atoms with van der Waals surface area (Å²) in [4.78, 5) is 2.37. The van der Waals surface area contributed by atoms with E-state index < -0.39 is 0 Å². The van der Waals surface area contributed by atoms with E-state index in [1.54, 1.807) is 12.1 Å². The van der Waals surface area contributed by atoms with Gasteiger partial charge in [0.1, 0.15) is 5.82 Å². The van der Waals surface area contributed by atoms with Gasteiger partial charge in [-0.1, -0.05) is 29.8 Å². The fourth-order valence-electron chi connectivity index (χ4n) is 2.97. The summed E-state index contributed by atoms with van der Waals surface area (Å²) in [6, 6.07) is 11.2. The van der Waals surface area contributed by atoms with E-state index in [2.05, 4.69) is 17.9 Å². The molecule has 2 aromatic carbocycles. The third-order valence-electron chi connectivity index (χ3n) is 4.31. The van der Waals surface area contributed by atoms with Crippen LogP contribution >= 0.6 is 11.6 Å². The van der Waals surface area contributed by atoms with E-state index in [1.807, 2.05) is 12.1 Å². The second kappa shape index (κ2) is 5.66. The molecular weight excluding hydrogens is 287 g/mol. The van der Waals surface area contributed by atoms with Gasteiger partial charge in [-0.15, -0.1) is 0 Å². The van der Waals surface area contributed by atoms with Crippen LogP contribution in [-0.2, 0) is 13.0 Å². The van der Waals surface area contributed by atoms with Gasteiger partial charge >= 0.3 is 0 Å². The van der Waals surface area contributed by atoms with E-state index in [-0.39, 0.29) is 16.9 Å². The zero-order chi connectivity index (χ0) is 15.0. The molecule has 0 bridgehead atoms. The van der Waals surface area contributed by atoms with Gasteiger partial charge in [-0.3, -0.25) is 4.90 Å². The number of fused-ring (bicyclic) bond motifs is 1. The first kappa shape index (κ1) is 14.4. The van der Waals surface area contributed by atoms with Crippen molar-refractivity contribution in [3.63, 3.8) is 0 Å². The van der Waals surface area contributed by atoms with Crippen molar-refractivity contribution in [1.82, 2.24) is 4.90 Å². The molecule has 1 unspecified atom stereocenters. The lowest BCUT2D eigenvalue weighted by atomic mass is 9.95. The summed E-state index contributed by atoms with van der Waals surface area (Å²) in [5, 5.41) is 0.181. The minimum Gasteiger partial charge on any atom is -0.398 e. The van der Waals surface area contributed by atoms with Crippen LogP contribution in [0, 0.1) is 5.82 Å². The van der Waals surface area contributed by atoms with Gasteiger partial charge in [-0.25, -0.2) is 4.39 Å². The van der Waals surface area contributed by atoms with E-state index in [0.717, 1.165) is 30.8 Å². The van der Waals surface area contributed by atoms with Gasteiger partial charge in [-0.2, -0.15) is 0 Å². The largest absolute Gasteiger partial charge is 0.398 e. The molecule has 110 valence electrons. The third kappa shape index (κ3) is 2.76. The monoisotopic (exact) mass is 304 g/mol. The average molecular weight is 305 g/mol. The molecule has 0 radical (unpaired) electrons. The molecule has 0 saturated heterocycles. The van der Waals surface area contributed by atoms with Crippen LogP contribution in [0.5, 0.6) is 0 Å². The molecule has 1 atom stereocenters. The maximum absolute atomic E-state index is 13.3. The number of nitrogens with zero attached hydrogens (tertiary/aromatic N) is 1. The van der Waals surface area contributed by atoms with E-state index >= 15 is 0 Å². The maximum Gasteiger partial charge on any atom is 0.141 e. The van der Waals surface area contributed by atoms with Gasteiger partial charge in [-0.05, 0) is 48.2 Å². The highest BCUT2D eigenvalue weighted by Crippen LogP contribution is 2.31. The minimum atomic E-state index is -0.371. The molecule has 4 heteroatoms. The molecule has 1 aliphatic rings. The Bertz CT molecular complexity index is 672. The first-order valence-corrected chi connectivity index (χ1v) is 7.49. The topological polar surface area (TPSA) is 29.3 Å². The third-order valence-corrected chi connectivity index (χ3v) is 4.60. The number of nitrogen functional groups attached to an aromatic ring is 1. The summed E-state index contributed by atoms with van der Waals surface area (Å²) in [5.41, 5.74) is 10.5. The summed E-state index contributed by atoms with van der Waals surface area (Å²) < 4.78 is 13.3. The van der Waals surface area contributed by atoms with Crippen LogP contribution in [0.3, 0.4) is 0 Å². The molecule has 1 heterocycles. The predicted molar refractivity (Wildman–Crippen MR) is 84.8 cm³/mol. The van der Waals surface area contributed by atoms with Gasteiger partial charge in [0, 0.05) is 24.8 Å². The Hall–Kier alpha value is -1.58. The Labute approximate surface area is 129 Å². The van der Waals surface area contributed by atoms with Crippen LogP contribution in [0.15, 0.2) is 36.4 Å². The van der Waals surface area contributed by atoms with Crippen molar-refractivity contribution in [3.05, 3.63) is 63.9 Å². The number of hydrogen-bond donors (Lipinski definition) is 1. The Kier molecular flexibility index (Phi) is 3.87. The molecule has 3 rings (SSSR count). The summed E-state index contributed by atoms with van der Waals surface area (Å²) in [6.07, 6.45) is 0.946. The number of anilines is 1. The highest BCUT2D eigenvalue weighted by Gasteiger charge is 2.23. The van der Waals surface area contributed by atoms with Gasteiger partial charge in [0.05, 0.1) is 5.02 Å². The molecule has 0 fully saturated rings. The molecule has 21 heavy (non-hydrogen) atoms. The zero-order valence-corrected chi connectivity index (χ0v) is 12.7. The van der Waals surface area contributed by atoms with Crippen molar-refractivity contribution >= 4 is 17.3 Å². The van der Waals surface area contributed by atoms with Gasteiger partial charge in [0.15, 0.2) is 0 Å². The summed E-state index contributed by atoms with van der Waals surface area (Å²) in [6.45, 7) is 3.93. The van der Waals surface area contributed by atoms with Crippen LogP contribution in [0.4, 0.5) is 10.1 Å². The molecule has 0 aromatic heterocycles. The number of nitrogens with two attached hydrogens (primary N) is 1. The van der Waals surface area contributed by atoms with Crippen molar-refractivity contribution in [1.29, 1.82) is 0 Å². The molecule has 0 spiro atoms. The molecule has 0 amide bonds. The number of benzene rings is 2. The molecule has 2 aromatic rings. The summed E-state index contributed by atoms with van der Waals surface area (Å²) >= 11 is 5.89. The van der Waals surface area contributed by atoms with Crippen molar-refractivity contribution in [3.8, 4) is 0 Å². The summed E-state index contributed by atoms with van der Waals surface area (Å²) in [5.74, 6) is -0.371. The molecule has 0 saturated carbocycles. The van der Waals surface area contributed by atoms with Crippen molar-refractivity contribution in [2.45, 2.75) is 25.9 Å². The highest BCUT2D eigenvalue weighted by molar-refractivity contribution is 6.30. The number of hydrogen-bond acceptors (Lipinski definition) is 2. The van der Waals surface area contributed by atoms with E-state index in [1.165, 1.54) is 17.2 Å². The fraction of sp³-hybridized carbons (Fsp3) is 0.294. The van der Waals surface area contributed by atoms with Gasteiger partial charge in [0.2, 0.25) is 0 Å².